The van der Waals surface area contributed by atoms with Crippen molar-refractivity contribution in [1.29, 1.82) is 0 Å². The number of amides is 1. The Labute approximate surface area is 93.7 Å². The largest absolute Gasteiger partial charge is 0.365 e. The standard InChI is InChI=1S/C12H13N3O/c1-9-11(12(13)16)8-15(14-9)7-10-5-3-2-4-6-10/h2-6,8H,7H2,1H3,(H2,13,16). The zero-order valence-electron chi connectivity index (χ0n) is 9.05. The van der Waals surface area contributed by atoms with E-state index in [-0.39, 0.29) is 0 Å². The Hall–Kier alpha value is -2.10. The molecule has 2 aromatic rings. The summed E-state index contributed by atoms with van der Waals surface area (Å²) in [6, 6.07) is 9.94. The lowest BCUT2D eigenvalue weighted by Crippen LogP contribution is -2.11. The molecule has 2 rings (SSSR count). The van der Waals surface area contributed by atoms with E-state index in [1.165, 1.54) is 0 Å². The number of primary amides is 1. The fraction of sp³-hybridized carbons (Fsp3) is 0.167. The van der Waals surface area contributed by atoms with Crippen LogP contribution in [-0.2, 0) is 6.54 Å². The molecule has 0 unspecified atom stereocenters. The number of carbonyl (C=O) groups is 1. The van der Waals surface area contributed by atoms with Gasteiger partial charge in [-0.25, -0.2) is 0 Å². The molecule has 0 aliphatic heterocycles. The maximum Gasteiger partial charge on any atom is 0.252 e. The number of aromatic nitrogens is 2. The second-order valence-electron chi connectivity index (χ2n) is 3.68. The van der Waals surface area contributed by atoms with E-state index < -0.39 is 5.91 Å². The molecule has 0 saturated carbocycles. The van der Waals surface area contributed by atoms with Crippen LogP contribution in [0.2, 0.25) is 0 Å². The van der Waals surface area contributed by atoms with Gasteiger partial charge in [-0.15, -0.1) is 0 Å². The van der Waals surface area contributed by atoms with Crippen LogP contribution in [0.15, 0.2) is 36.5 Å². The number of rotatable bonds is 3. The molecular weight excluding hydrogens is 202 g/mol. The zero-order valence-corrected chi connectivity index (χ0v) is 9.05. The third-order valence-corrected chi connectivity index (χ3v) is 2.40. The maximum atomic E-state index is 11.1. The lowest BCUT2D eigenvalue weighted by atomic mass is 10.2. The quantitative estimate of drug-likeness (QED) is 0.839. The Balaban J connectivity index is 2.23. The molecule has 2 N–H and O–H groups in total. The lowest BCUT2D eigenvalue weighted by Gasteiger charge is -2.00. The monoisotopic (exact) mass is 215 g/mol. The van der Waals surface area contributed by atoms with Crippen molar-refractivity contribution in [1.82, 2.24) is 9.78 Å². The van der Waals surface area contributed by atoms with Gasteiger partial charge in [0.1, 0.15) is 0 Å². The molecule has 0 radical (unpaired) electrons. The van der Waals surface area contributed by atoms with Crippen LogP contribution in [0.3, 0.4) is 0 Å². The Kier molecular flexibility index (Phi) is 2.72. The fourth-order valence-corrected chi connectivity index (χ4v) is 1.61. The summed E-state index contributed by atoms with van der Waals surface area (Å²) in [5.41, 5.74) is 7.52. The number of nitrogens with zero attached hydrogens (tertiary/aromatic N) is 2. The second-order valence-corrected chi connectivity index (χ2v) is 3.68. The van der Waals surface area contributed by atoms with Crippen molar-refractivity contribution < 1.29 is 4.79 Å². The van der Waals surface area contributed by atoms with E-state index >= 15 is 0 Å². The molecule has 1 aromatic carbocycles. The second kappa shape index (κ2) is 4.18. The molecule has 0 aliphatic carbocycles. The van der Waals surface area contributed by atoms with Gasteiger partial charge in [0.15, 0.2) is 0 Å². The molecule has 4 nitrogen and oxygen atoms in total. The van der Waals surface area contributed by atoms with Crippen LogP contribution < -0.4 is 5.73 Å². The van der Waals surface area contributed by atoms with Crippen LogP contribution in [0.1, 0.15) is 21.6 Å². The first-order valence-electron chi connectivity index (χ1n) is 5.04. The van der Waals surface area contributed by atoms with Crippen molar-refractivity contribution >= 4 is 5.91 Å². The van der Waals surface area contributed by atoms with Crippen LogP contribution in [0, 0.1) is 6.92 Å². The highest BCUT2D eigenvalue weighted by Gasteiger charge is 2.09. The number of carbonyl (C=O) groups excluding carboxylic acids is 1. The van der Waals surface area contributed by atoms with Gasteiger partial charge in [-0.3, -0.25) is 9.48 Å². The van der Waals surface area contributed by atoms with Gasteiger partial charge in [0.25, 0.3) is 5.91 Å². The molecule has 0 atom stereocenters. The SMILES string of the molecule is Cc1nn(Cc2ccccc2)cc1C(N)=O. The van der Waals surface area contributed by atoms with E-state index in [9.17, 15) is 4.79 Å². The fourth-order valence-electron chi connectivity index (χ4n) is 1.61. The smallest absolute Gasteiger partial charge is 0.252 e. The summed E-state index contributed by atoms with van der Waals surface area (Å²) in [4.78, 5) is 11.1. The summed E-state index contributed by atoms with van der Waals surface area (Å²) in [6.45, 7) is 2.43. The summed E-state index contributed by atoms with van der Waals surface area (Å²) < 4.78 is 1.73. The predicted octanol–water partition coefficient (Wildman–Crippen LogP) is 1.34. The number of benzene rings is 1. The Morgan fingerprint density at radius 3 is 2.62 bits per heavy atom. The van der Waals surface area contributed by atoms with Gasteiger partial charge in [0, 0.05) is 6.20 Å². The molecule has 1 aromatic heterocycles. The Bertz CT molecular complexity index is 502. The summed E-state index contributed by atoms with van der Waals surface area (Å²) in [5.74, 6) is -0.434. The molecule has 0 fully saturated rings. The van der Waals surface area contributed by atoms with Gasteiger partial charge >= 0.3 is 0 Å². The van der Waals surface area contributed by atoms with Crippen molar-refractivity contribution in [2.45, 2.75) is 13.5 Å². The van der Waals surface area contributed by atoms with Crippen molar-refractivity contribution in [3.63, 3.8) is 0 Å². The van der Waals surface area contributed by atoms with Gasteiger partial charge in [-0.2, -0.15) is 5.10 Å². The minimum absolute atomic E-state index is 0.434. The van der Waals surface area contributed by atoms with Gasteiger partial charge in [0.2, 0.25) is 0 Å². The van der Waals surface area contributed by atoms with Crippen LogP contribution in [0.25, 0.3) is 0 Å². The highest BCUT2D eigenvalue weighted by molar-refractivity contribution is 5.93. The average molecular weight is 215 g/mol. The molecule has 82 valence electrons. The van der Waals surface area contributed by atoms with Crippen LogP contribution in [0.4, 0.5) is 0 Å². The molecule has 0 spiro atoms. The van der Waals surface area contributed by atoms with Crippen molar-refractivity contribution in [2.75, 3.05) is 0 Å². The Morgan fingerprint density at radius 1 is 1.38 bits per heavy atom. The van der Waals surface area contributed by atoms with Gasteiger partial charge in [-0.05, 0) is 12.5 Å². The highest BCUT2D eigenvalue weighted by atomic mass is 16.1. The minimum Gasteiger partial charge on any atom is -0.365 e. The lowest BCUT2D eigenvalue weighted by molar-refractivity contribution is 0.0999. The first-order valence-corrected chi connectivity index (χ1v) is 5.04. The molecule has 16 heavy (non-hydrogen) atoms. The summed E-state index contributed by atoms with van der Waals surface area (Å²) >= 11 is 0. The molecule has 0 saturated heterocycles. The summed E-state index contributed by atoms with van der Waals surface area (Å²) in [5, 5.41) is 4.24. The minimum atomic E-state index is -0.434. The van der Waals surface area contributed by atoms with E-state index in [4.69, 9.17) is 5.73 Å². The highest BCUT2D eigenvalue weighted by Crippen LogP contribution is 2.07. The Morgan fingerprint density at radius 2 is 2.06 bits per heavy atom. The van der Waals surface area contributed by atoms with E-state index in [1.54, 1.807) is 17.8 Å². The van der Waals surface area contributed by atoms with Crippen LogP contribution in [0.5, 0.6) is 0 Å². The predicted molar refractivity (Wildman–Crippen MR) is 61.0 cm³/mol. The third-order valence-electron chi connectivity index (χ3n) is 2.40. The van der Waals surface area contributed by atoms with Crippen molar-refractivity contribution in [3.8, 4) is 0 Å². The number of hydrogen-bond acceptors (Lipinski definition) is 2. The maximum absolute atomic E-state index is 11.1. The molecule has 1 amide bonds. The van der Waals surface area contributed by atoms with Crippen molar-refractivity contribution in [2.24, 2.45) is 5.73 Å². The molecule has 4 heteroatoms. The average Bonchev–Trinajstić information content (AvgIpc) is 2.61. The van der Waals surface area contributed by atoms with Crippen LogP contribution in [-0.4, -0.2) is 15.7 Å². The topological polar surface area (TPSA) is 60.9 Å². The van der Waals surface area contributed by atoms with E-state index in [1.807, 2.05) is 30.3 Å². The van der Waals surface area contributed by atoms with Gasteiger partial charge in [-0.1, -0.05) is 30.3 Å². The first kappa shape index (κ1) is 10.4. The van der Waals surface area contributed by atoms with Gasteiger partial charge in [0.05, 0.1) is 17.8 Å². The van der Waals surface area contributed by atoms with Crippen molar-refractivity contribution in [3.05, 3.63) is 53.3 Å². The molecule has 0 bridgehead atoms. The molecule has 0 aliphatic rings. The van der Waals surface area contributed by atoms with Gasteiger partial charge < -0.3 is 5.73 Å². The number of aryl methyl sites for hydroxylation is 1. The summed E-state index contributed by atoms with van der Waals surface area (Å²) in [7, 11) is 0. The van der Waals surface area contributed by atoms with E-state index in [0.717, 1.165) is 5.56 Å². The summed E-state index contributed by atoms with van der Waals surface area (Å²) in [6.07, 6.45) is 1.69. The molecule has 1 heterocycles. The van der Waals surface area contributed by atoms with E-state index in [0.29, 0.717) is 17.8 Å². The molecular formula is C12H13N3O. The van der Waals surface area contributed by atoms with E-state index in [2.05, 4.69) is 5.10 Å². The first-order chi connectivity index (χ1) is 7.66. The number of hydrogen-bond donors (Lipinski definition) is 1. The number of nitrogens with two attached hydrogens (primary N) is 1. The normalized spacial score (nSPS) is 10.3. The zero-order chi connectivity index (χ0) is 11.5. The van der Waals surface area contributed by atoms with Crippen LogP contribution >= 0.6 is 0 Å². The third kappa shape index (κ3) is 2.11.